The number of nitrogens with zero attached hydrogens (tertiary/aromatic N) is 1. The maximum Gasteiger partial charge on any atom is 0.339 e. The van der Waals surface area contributed by atoms with Crippen LogP contribution in [0.25, 0.3) is 0 Å². The third kappa shape index (κ3) is 4.03. The molecule has 0 aliphatic carbocycles. The Morgan fingerprint density at radius 2 is 2.22 bits per heavy atom. The summed E-state index contributed by atoms with van der Waals surface area (Å²) in [6, 6.07) is 4.16. The topological polar surface area (TPSA) is 75.7 Å². The van der Waals surface area contributed by atoms with Gasteiger partial charge in [0.25, 0.3) is 0 Å². The largest absolute Gasteiger partial charge is 0.465 e. The molecule has 0 bridgehead atoms. The van der Waals surface area contributed by atoms with Crippen molar-refractivity contribution in [3.05, 3.63) is 28.8 Å². The number of rotatable bonds is 5. The third-order valence-electron chi connectivity index (χ3n) is 3.94. The van der Waals surface area contributed by atoms with Crippen molar-refractivity contribution in [2.24, 2.45) is 5.92 Å². The molecule has 23 heavy (non-hydrogen) atoms. The molecule has 1 aliphatic heterocycles. The molecule has 1 unspecified atom stereocenters. The van der Waals surface area contributed by atoms with Gasteiger partial charge in [0.15, 0.2) is 0 Å². The van der Waals surface area contributed by atoms with E-state index in [1.54, 1.807) is 0 Å². The van der Waals surface area contributed by atoms with Crippen LogP contribution in [0.5, 0.6) is 0 Å². The van der Waals surface area contributed by atoms with Gasteiger partial charge in [-0.3, -0.25) is 0 Å². The highest BCUT2D eigenvalue weighted by Gasteiger charge is 2.33. The van der Waals surface area contributed by atoms with Crippen LogP contribution < -0.4 is 5.32 Å². The predicted molar refractivity (Wildman–Crippen MR) is 88.2 cm³/mol. The summed E-state index contributed by atoms with van der Waals surface area (Å²) in [5.74, 6) is -0.452. The molecule has 1 saturated heterocycles. The summed E-state index contributed by atoms with van der Waals surface area (Å²) >= 11 is 5.89. The molecule has 1 aromatic rings. The van der Waals surface area contributed by atoms with Crippen LogP contribution in [0.2, 0.25) is 5.02 Å². The number of benzene rings is 1. The van der Waals surface area contributed by atoms with Gasteiger partial charge in [-0.2, -0.15) is 4.31 Å². The Kier molecular flexibility index (Phi) is 6.02. The summed E-state index contributed by atoms with van der Waals surface area (Å²) in [5.41, 5.74) is -0.0317. The first-order chi connectivity index (χ1) is 10.9. The van der Waals surface area contributed by atoms with E-state index in [4.69, 9.17) is 11.6 Å². The number of sulfonamides is 1. The molecule has 0 saturated carbocycles. The SMILES string of the molecule is CNCC1CCCN(S(=O)(=O)c2ccc(Cl)cc2C(=O)OC)C1. The number of nitrogens with one attached hydrogen (secondary N) is 1. The van der Waals surface area contributed by atoms with Crippen LogP contribution >= 0.6 is 11.6 Å². The fourth-order valence-corrected chi connectivity index (χ4v) is 4.72. The number of hydrogen-bond donors (Lipinski definition) is 1. The Labute approximate surface area is 141 Å². The van der Waals surface area contributed by atoms with Crippen molar-refractivity contribution in [1.82, 2.24) is 9.62 Å². The van der Waals surface area contributed by atoms with E-state index in [0.29, 0.717) is 13.1 Å². The van der Waals surface area contributed by atoms with E-state index in [2.05, 4.69) is 10.1 Å². The van der Waals surface area contributed by atoms with Gasteiger partial charge in [0.05, 0.1) is 17.6 Å². The molecule has 1 atom stereocenters. The minimum atomic E-state index is -3.77. The second-order valence-corrected chi connectivity index (χ2v) is 7.90. The van der Waals surface area contributed by atoms with Gasteiger partial charge in [0.1, 0.15) is 0 Å². The molecule has 8 heteroatoms. The Morgan fingerprint density at radius 3 is 2.87 bits per heavy atom. The molecule has 1 aliphatic rings. The molecule has 6 nitrogen and oxygen atoms in total. The minimum Gasteiger partial charge on any atom is -0.465 e. The van der Waals surface area contributed by atoms with Gasteiger partial charge in [-0.15, -0.1) is 0 Å². The summed E-state index contributed by atoms with van der Waals surface area (Å²) in [5, 5.41) is 3.37. The molecule has 0 radical (unpaired) electrons. The lowest BCUT2D eigenvalue weighted by Gasteiger charge is -2.32. The second kappa shape index (κ2) is 7.61. The minimum absolute atomic E-state index is 0.0317. The zero-order valence-electron chi connectivity index (χ0n) is 13.2. The van der Waals surface area contributed by atoms with E-state index in [1.165, 1.54) is 29.6 Å². The zero-order chi connectivity index (χ0) is 17.0. The van der Waals surface area contributed by atoms with Crippen LogP contribution in [0.4, 0.5) is 0 Å². The molecule has 2 rings (SSSR count). The highest BCUT2D eigenvalue weighted by atomic mass is 35.5. The number of carbonyl (C=O) groups is 1. The molecule has 1 N–H and O–H groups in total. The maximum atomic E-state index is 12.9. The Balaban J connectivity index is 2.38. The fraction of sp³-hybridized carbons (Fsp3) is 0.533. The number of esters is 1. The molecule has 1 aromatic carbocycles. The Bertz CT molecular complexity index is 676. The molecule has 0 amide bonds. The number of carbonyl (C=O) groups excluding carboxylic acids is 1. The van der Waals surface area contributed by atoms with Crippen LogP contribution in [0.15, 0.2) is 23.1 Å². The van der Waals surface area contributed by atoms with E-state index in [-0.39, 0.29) is 21.4 Å². The van der Waals surface area contributed by atoms with Crippen molar-refractivity contribution < 1.29 is 17.9 Å². The zero-order valence-corrected chi connectivity index (χ0v) is 14.8. The fourth-order valence-electron chi connectivity index (χ4n) is 2.84. The highest BCUT2D eigenvalue weighted by molar-refractivity contribution is 7.89. The first-order valence-corrected chi connectivity index (χ1v) is 9.24. The standard InChI is InChI=1S/C15H21ClN2O4S/c1-17-9-11-4-3-7-18(10-11)23(20,21)14-6-5-12(16)8-13(14)15(19)22-2/h5-6,8,11,17H,3-4,7,9-10H2,1-2H3. The Morgan fingerprint density at radius 1 is 1.48 bits per heavy atom. The second-order valence-electron chi connectivity index (χ2n) is 5.56. The van der Waals surface area contributed by atoms with Crippen LogP contribution in [0.3, 0.4) is 0 Å². The van der Waals surface area contributed by atoms with E-state index in [1.807, 2.05) is 7.05 Å². The molecule has 128 valence electrons. The molecule has 1 heterocycles. The van der Waals surface area contributed by atoms with Gasteiger partial charge in [0.2, 0.25) is 10.0 Å². The smallest absolute Gasteiger partial charge is 0.339 e. The third-order valence-corrected chi connectivity index (χ3v) is 6.10. The quantitative estimate of drug-likeness (QED) is 0.809. The van der Waals surface area contributed by atoms with Crippen molar-refractivity contribution in [1.29, 1.82) is 0 Å². The van der Waals surface area contributed by atoms with Gasteiger partial charge in [-0.05, 0) is 50.6 Å². The first-order valence-electron chi connectivity index (χ1n) is 7.42. The van der Waals surface area contributed by atoms with Crippen LogP contribution in [-0.2, 0) is 14.8 Å². The molecular formula is C15H21ClN2O4S. The average molecular weight is 361 g/mol. The van der Waals surface area contributed by atoms with E-state index in [9.17, 15) is 13.2 Å². The predicted octanol–water partition coefficient (Wildman–Crippen LogP) is 1.75. The van der Waals surface area contributed by atoms with E-state index < -0.39 is 16.0 Å². The lowest BCUT2D eigenvalue weighted by molar-refractivity contribution is 0.0596. The highest BCUT2D eigenvalue weighted by Crippen LogP contribution is 2.27. The van der Waals surface area contributed by atoms with Gasteiger partial charge in [-0.1, -0.05) is 11.6 Å². The number of methoxy groups -OCH3 is 1. The summed E-state index contributed by atoms with van der Waals surface area (Å²) in [7, 11) is -0.709. The molecule has 0 spiro atoms. The van der Waals surface area contributed by atoms with E-state index >= 15 is 0 Å². The molecular weight excluding hydrogens is 340 g/mol. The van der Waals surface area contributed by atoms with Crippen LogP contribution in [0.1, 0.15) is 23.2 Å². The number of ether oxygens (including phenoxy) is 1. The Hall–Kier alpha value is -1.15. The van der Waals surface area contributed by atoms with E-state index in [0.717, 1.165) is 19.4 Å². The average Bonchev–Trinajstić information content (AvgIpc) is 2.54. The van der Waals surface area contributed by atoms with Gasteiger partial charge in [0, 0.05) is 18.1 Å². The summed E-state index contributed by atoms with van der Waals surface area (Å²) in [6.45, 7) is 1.65. The van der Waals surface area contributed by atoms with Crippen LogP contribution in [-0.4, -0.2) is 52.5 Å². The molecule has 0 aromatic heterocycles. The van der Waals surface area contributed by atoms with Crippen molar-refractivity contribution >= 4 is 27.6 Å². The molecule has 1 fully saturated rings. The normalized spacial score (nSPS) is 19.5. The number of halogens is 1. The lowest BCUT2D eigenvalue weighted by atomic mass is 10.00. The monoisotopic (exact) mass is 360 g/mol. The lowest BCUT2D eigenvalue weighted by Crippen LogP contribution is -2.42. The number of hydrogen-bond acceptors (Lipinski definition) is 5. The van der Waals surface area contributed by atoms with Crippen LogP contribution in [0, 0.1) is 5.92 Å². The first kappa shape index (κ1) is 18.2. The summed E-state index contributed by atoms with van der Waals surface area (Å²) in [6.07, 6.45) is 1.78. The van der Waals surface area contributed by atoms with Crippen molar-refractivity contribution in [2.75, 3.05) is 33.8 Å². The summed E-state index contributed by atoms with van der Waals surface area (Å²) in [4.78, 5) is 11.9. The number of piperidine rings is 1. The van der Waals surface area contributed by atoms with Crippen molar-refractivity contribution in [2.45, 2.75) is 17.7 Å². The van der Waals surface area contributed by atoms with Gasteiger partial charge in [-0.25, -0.2) is 13.2 Å². The van der Waals surface area contributed by atoms with Gasteiger partial charge < -0.3 is 10.1 Å². The maximum absolute atomic E-state index is 12.9. The summed E-state index contributed by atoms with van der Waals surface area (Å²) < 4.78 is 32.0. The van der Waals surface area contributed by atoms with Crippen molar-refractivity contribution in [3.63, 3.8) is 0 Å². The van der Waals surface area contributed by atoms with Crippen molar-refractivity contribution in [3.8, 4) is 0 Å². The van der Waals surface area contributed by atoms with Gasteiger partial charge >= 0.3 is 5.97 Å².